The molecule has 1 atom stereocenters. The number of fused-ring (bicyclic) bond motifs is 1. The van der Waals surface area contributed by atoms with Gasteiger partial charge in [-0.1, -0.05) is 6.07 Å². The fourth-order valence-electron chi connectivity index (χ4n) is 3.92. The monoisotopic (exact) mass is 404 g/mol. The van der Waals surface area contributed by atoms with Crippen molar-refractivity contribution in [2.24, 2.45) is 0 Å². The molecule has 0 spiro atoms. The highest BCUT2D eigenvalue weighted by Gasteiger charge is 2.21. The van der Waals surface area contributed by atoms with Crippen LogP contribution in [0.4, 0.5) is 5.82 Å². The third kappa shape index (κ3) is 3.39. The van der Waals surface area contributed by atoms with E-state index in [0.29, 0.717) is 17.4 Å². The zero-order valence-corrected chi connectivity index (χ0v) is 16.8. The highest BCUT2D eigenvalue weighted by Crippen LogP contribution is 2.39. The van der Waals surface area contributed by atoms with Crippen LogP contribution >= 0.6 is 0 Å². The van der Waals surface area contributed by atoms with E-state index in [4.69, 9.17) is 14.9 Å². The lowest BCUT2D eigenvalue weighted by Gasteiger charge is -2.22. The van der Waals surface area contributed by atoms with E-state index >= 15 is 0 Å². The van der Waals surface area contributed by atoms with Crippen LogP contribution in [0.5, 0.6) is 5.75 Å². The minimum absolute atomic E-state index is 0.289. The summed E-state index contributed by atoms with van der Waals surface area (Å²) in [6, 6.07) is 6.13. The lowest BCUT2D eigenvalue weighted by Crippen LogP contribution is -2.29. The summed E-state index contributed by atoms with van der Waals surface area (Å²) in [5.41, 5.74) is 9.42. The van der Waals surface area contributed by atoms with Gasteiger partial charge in [0.25, 0.3) is 0 Å². The van der Waals surface area contributed by atoms with Gasteiger partial charge in [-0.3, -0.25) is 9.67 Å². The van der Waals surface area contributed by atoms with Crippen LogP contribution in [0.2, 0.25) is 0 Å². The van der Waals surface area contributed by atoms with Crippen molar-refractivity contribution in [2.75, 3.05) is 18.8 Å². The molecule has 4 aromatic heterocycles. The summed E-state index contributed by atoms with van der Waals surface area (Å²) < 4.78 is 14.1. The van der Waals surface area contributed by atoms with Crippen molar-refractivity contribution in [3.63, 3.8) is 0 Å². The van der Waals surface area contributed by atoms with Gasteiger partial charge in [0.1, 0.15) is 12.4 Å². The Morgan fingerprint density at radius 2 is 2.10 bits per heavy atom. The molecule has 4 aromatic rings. The Balaban J connectivity index is 1.47. The average molecular weight is 404 g/mol. The van der Waals surface area contributed by atoms with Crippen LogP contribution < -0.4 is 15.8 Å². The minimum atomic E-state index is -0.294. The summed E-state index contributed by atoms with van der Waals surface area (Å²) in [7, 11) is 0. The number of ether oxygens (including phenoxy) is 1. The van der Waals surface area contributed by atoms with Crippen molar-refractivity contribution in [1.82, 2.24) is 25.1 Å². The fourth-order valence-corrected chi connectivity index (χ4v) is 3.92. The second-order valence-electron chi connectivity index (χ2n) is 7.57. The van der Waals surface area contributed by atoms with Crippen LogP contribution in [0.3, 0.4) is 0 Å². The number of nitrogens with two attached hydrogens (primary N) is 1. The molecule has 0 saturated carbocycles. The summed E-state index contributed by atoms with van der Waals surface area (Å²) in [4.78, 5) is 8.70. The van der Waals surface area contributed by atoms with Gasteiger partial charge in [0.05, 0.1) is 23.3 Å². The summed E-state index contributed by atoms with van der Waals surface area (Å²) in [5.74, 6) is 0.722. The number of aromatic nitrogens is 4. The Hall–Kier alpha value is -3.39. The molecule has 5 rings (SSSR count). The first-order valence-electron chi connectivity index (χ1n) is 10.2. The summed E-state index contributed by atoms with van der Waals surface area (Å²) in [6.07, 6.45) is 11.0. The number of pyridine rings is 2. The third-order valence-corrected chi connectivity index (χ3v) is 5.60. The molecule has 0 radical (unpaired) electrons. The van der Waals surface area contributed by atoms with E-state index in [0.717, 1.165) is 48.1 Å². The van der Waals surface area contributed by atoms with Gasteiger partial charge in [-0.2, -0.15) is 5.10 Å². The number of nitrogens with zero attached hydrogens (tertiary/aromatic N) is 4. The van der Waals surface area contributed by atoms with Crippen molar-refractivity contribution < 1.29 is 9.15 Å². The third-order valence-electron chi connectivity index (χ3n) is 5.60. The second-order valence-corrected chi connectivity index (χ2v) is 7.57. The second kappa shape index (κ2) is 7.79. The van der Waals surface area contributed by atoms with E-state index in [2.05, 4.69) is 31.3 Å². The molecular formula is C22H24N6O2. The van der Waals surface area contributed by atoms with Gasteiger partial charge >= 0.3 is 0 Å². The van der Waals surface area contributed by atoms with Gasteiger partial charge < -0.3 is 20.2 Å². The number of hydrogen-bond acceptors (Lipinski definition) is 7. The Kier molecular flexibility index (Phi) is 4.84. The molecule has 0 amide bonds. The largest absolute Gasteiger partial charge is 0.477 e. The molecular weight excluding hydrogens is 380 g/mol. The van der Waals surface area contributed by atoms with E-state index in [1.54, 1.807) is 18.7 Å². The molecule has 0 aromatic carbocycles. The predicted octanol–water partition coefficient (Wildman–Crippen LogP) is 3.73. The summed E-state index contributed by atoms with van der Waals surface area (Å²) in [5, 5.41) is 8.83. The maximum absolute atomic E-state index is 6.12. The van der Waals surface area contributed by atoms with Crippen LogP contribution in [-0.2, 0) is 0 Å². The van der Waals surface area contributed by atoms with E-state index < -0.39 is 0 Å². The Bertz CT molecular complexity index is 1150. The molecule has 0 unspecified atom stereocenters. The van der Waals surface area contributed by atoms with Gasteiger partial charge in [0.15, 0.2) is 11.4 Å². The van der Waals surface area contributed by atoms with Crippen molar-refractivity contribution >= 4 is 16.8 Å². The van der Waals surface area contributed by atoms with Gasteiger partial charge in [-0.05, 0) is 45.0 Å². The zero-order chi connectivity index (χ0) is 20.5. The van der Waals surface area contributed by atoms with E-state index in [1.165, 1.54) is 0 Å². The Morgan fingerprint density at radius 3 is 2.90 bits per heavy atom. The number of nitrogens with one attached hydrogen (secondary N) is 1. The number of nitrogen functional groups attached to an aromatic ring is 1. The van der Waals surface area contributed by atoms with E-state index in [1.807, 2.05) is 31.3 Å². The summed E-state index contributed by atoms with van der Waals surface area (Å²) in [6.45, 7) is 3.97. The average Bonchev–Trinajstić information content (AvgIpc) is 3.44. The molecule has 5 heterocycles. The normalized spacial score (nSPS) is 16.0. The molecule has 1 aliphatic rings. The predicted molar refractivity (Wildman–Crippen MR) is 114 cm³/mol. The van der Waals surface area contributed by atoms with Crippen molar-refractivity contribution in [3.05, 3.63) is 54.9 Å². The lowest BCUT2D eigenvalue weighted by molar-refractivity contribution is 0.223. The van der Waals surface area contributed by atoms with Gasteiger partial charge in [-0.15, -0.1) is 0 Å². The zero-order valence-electron chi connectivity index (χ0n) is 16.8. The Labute approximate surface area is 174 Å². The van der Waals surface area contributed by atoms with Crippen LogP contribution in [0.1, 0.15) is 37.6 Å². The van der Waals surface area contributed by atoms with Crippen molar-refractivity contribution in [2.45, 2.75) is 31.9 Å². The SMILES string of the molecule is C[C@@H](Oc1c(N)ncc2c(-c3cnn(C4CCNCC4)c3)coc12)c1ccccn1. The minimum Gasteiger partial charge on any atom is -0.477 e. The molecule has 30 heavy (non-hydrogen) atoms. The molecule has 1 saturated heterocycles. The van der Waals surface area contributed by atoms with Crippen molar-refractivity contribution in [3.8, 4) is 16.9 Å². The number of piperidine rings is 1. The van der Waals surface area contributed by atoms with Gasteiger partial charge in [-0.25, -0.2) is 4.98 Å². The number of anilines is 1. The lowest BCUT2D eigenvalue weighted by atomic mass is 10.1. The summed E-state index contributed by atoms with van der Waals surface area (Å²) >= 11 is 0. The topological polar surface area (TPSA) is 104 Å². The first kappa shape index (κ1) is 18.6. The molecule has 0 aliphatic carbocycles. The molecule has 154 valence electrons. The van der Waals surface area contributed by atoms with Crippen LogP contribution in [0, 0.1) is 0 Å². The number of furan rings is 1. The van der Waals surface area contributed by atoms with E-state index in [-0.39, 0.29) is 11.9 Å². The van der Waals surface area contributed by atoms with Gasteiger partial charge in [0.2, 0.25) is 5.75 Å². The molecule has 1 fully saturated rings. The maximum atomic E-state index is 6.12. The molecule has 8 heteroatoms. The molecule has 8 nitrogen and oxygen atoms in total. The van der Waals surface area contributed by atoms with Crippen LogP contribution in [0.25, 0.3) is 22.1 Å². The highest BCUT2D eigenvalue weighted by atomic mass is 16.5. The van der Waals surface area contributed by atoms with Crippen LogP contribution in [0.15, 0.2) is 53.7 Å². The first-order chi connectivity index (χ1) is 14.7. The number of hydrogen-bond donors (Lipinski definition) is 2. The standard InChI is InChI=1S/C22H24N6O2/c1-14(19-4-2-3-7-25-19)30-21-20-17(11-26-22(21)23)18(13-29-20)15-10-27-28(12-15)16-5-8-24-9-6-16/h2-4,7,10-14,16,24H,5-6,8-9H2,1H3,(H2,23,26)/t14-/m1/s1. The molecule has 1 aliphatic heterocycles. The van der Waals surface area contributed by atoms with Gasteiger partial charge in [0, 0.05) is 29.7 Å². The Morgan fingerprint density at radius 1 is 1.23 bits per heavy atom. The van der Waals surface area contributed by atoms with Crippen molar-refractivity contribution in [1.29, 1.82) is 0 Å². The molecule has 3 N–H and O–H groups in total. The molecule has 0 bridgehead atoms. The number of rotatable bonds is 5. The van der Waals surface area contributed by atoms with E-state index in [9.17, 15) is 0 Å². The van der Waals surface area contributed by atoms with Crippen LogP contribution in [-0.4, -0.2) is 32.8 Å². The fraction of sp³-hybridized carbons (Fsp3) is 0.318. The quantitative estimate of drug-likeness (QED) is 0.522. The first-order valence-corrected chi connectivity index (χ1v) is 10.2. The maximum Gasteiger partial charge on any atom is 0.205 e. The smallest absolute Gasteiger partial charge is 0.205 e. The highest BCUT2D eigenvalue weighted by molar-refractivity contribution is 5.97.